The lowest BCUT2D eigenvalue weighted by Gasteiger charge is -2.39. The number of phenolic OH excluding ortho intramolecular Hbond substituents is 1. The normalized spacial score (nSPS) is 16.8. The minimum atomic E-state index is -1.06. The van der Waals surface area contributed by atoms with Crippen molar-refractivity contribution in [3.63, 3.8) is 0 Å². The molecule has 1 aliphatic rings. The highest BCUT2D eigenvalue weighted by molar-refractivity contribution is 6.01. The van der Waals surface area contributed by atoms with E-state index < -0.39 is 23.5 Å². The van der Waals surface area contributed by atoms with Crippen LogP contribution in [0.15, 0.2) is 36.4 Å². The maximum absolute atomic E-state index is 12.8. The number of carbonyl (C=O) groups excluding carboxylic acids is 2. The molecule has 0 bridgehead atoms. The van der Waals surface area contributed by atoms with Crippen LogP contribution in [0.25, 0.3) is 10.8 Å². The van der Waals surface area contributed by atoms with Crippen molar-refractivity contribution in [2.75, 3.05) is 7.05 Å². The fourth-order valence-electron chi connectivity index (χ4n) is 3.84. The van der Waals surface area contributed by atoms with Crippen LogP contribution in [-0.4, -0.2) is 40.6 Å². The van der Waals surface area contributed by atoms with Gasteiger partial charge in [-0.05, 0) is 31.2 Å². The molecule has 1 atom stereocenters. The minimum Gasteiger partial charge on any atom is -0.506 e. The summed E-state index contributed by atoms with van der Waals surface area (Å²) < 4.78 is 5.33. The Balaban J connectivity index is 1.76. The molecular weight excluding hydrogens is 356 g/mol. The standard InChI is InChI=1S/C22H24N2O4/c1-15(20(26)24(2)22(14-23)12-6-3-7-13-22)28-21(27)18-11-10-16-8-4-5-9-17(16)19(18)25/h4-5,8-11,15,25H,3,6-7,12-13H2,1-2H3/t15-/m0/s1. The Morgan fingerprint density at radius 1 is 1.18 bits per heavy atom. The molecule has 1 aliphatic carbocycles. The Morgan fingerprint density at radius 2 is 1.86 bits per heavy atom. The van der Waals surface area contributed by atoms with Crippen molar-refractivity contribution in [1.29, 1.82) is 5.26 Å². The Kier molecular flexibility index (Phi) is 5.55. The molecule has 6 heteroatoms. The molecule has 0 spiro atoms. The molecule has 28 heavy (non-hydrogen) atoms. The van der Waals surface area contributed by atoms with Gasteiger partial charge in [-0.1, -0.05) is 49.6 Å². The van der Waals surface area contributed by atoms with Crippen molar-refractivity contribution in [3.8, 4) is 11.8 Å². The van der Waals surface area contributed by atoms with E-state index >= 15 is 0 Å². The number of ether oxygens (including phenoxy) is 1. The van der Waals surface area contributed by atoms with E-state index in [4.69, 9.17) is 4.74 Å². The number of fused-ring (bicyclic) bond motifs is 1. The van der Waals surface area contributed by atoms with Gasteiger partial charge in [-0.15, -0.1) is 0 Å². The number of likely N-dealkylation sites (N-methyl/N-ethyl adjacent to an activating group) is 1. The van der Waals surface area contributed by atoms with Gasteiger partial charge in [0.15, 0.2) is 6.10 Å². The molecule has 1 N–H and O–H groups in total. The fraction of sp³-hybridized carbons (Fsp3) is 0.409. The van der Waals surface area contributed by atoms with Gasteiger partial charge in [0.2, 0.25) is 0 Å². The zero-order valence-electron chi connectivity index (χ0n) is 16.1. The smallest absolute Gasteiger partial charge is 0.342 e. The second-order valence-corrected chi connectivity index (χ2v) is 7.33. The van der Waals surface area contributed by atoms with Crippen LogP contribution in [0.1, 0.15) is 49.4 Å². The Bertz CT molecular complexity index is 941. The highest BCUT2D eigenvalue weighted by atomic mass is 16.5. The van der Waals surface area contributed by atoms with Crippen molar-refractivity contribution in [2.24, 2.45) is 0 Å². The number of nitriles is 1. The number of benzene rings is 2. The lowest BCUT2D eigenvalue weighted by atomic mass is 9.81. The molecule has 1 amide bonds. The highest BCUT2D eigenvalue weighted by Crippen LogP contribution is 2.33. The van der Waals surface area contributed by atoms with E-state index in [0.717, 1.165) is 24.6 Å². The van der Waals surface area contributed by atoms with Crippen molar-refractivity contribution in [2.45, 2.75) is 50.7 Å². The number of phenols is 1. The maximum Gasteiger partial charge on any atom is 0.342 e. The first kappa shape index (κ1) is 19.7. The lowest BCUT2D eigenvalue weighted by molar-refractivity contribution is -0.143. The summed E-state index contributed by atoms with van der Waals surface area (Å²) in [6.07, 6.45) is 3.03. The first-order valence-electron chi connectivity index (χ1n) is 9.50. The third-order valence-electron chi connectivity index (χ3n) is 5.61. The second kappa shape index (κ2) is 7.89. The van der Waals surface area contributed by atoms with Gasteiger partial charge in [0, 0.05) is 12.4 Å². The topological polar surface area (TPSA) is 90.6 Å². The van der Waals surface area contributed by atoms with Crippen LogP contribution < -0.4 is 0 Å². The van der Waals surface area contributed by atoms with E-state index in [-0.39, 0.29) is 11.3 Å². The molecule has 146 valence electrons. The zero-order valence-corrected chi connectivity index (χ0v) is 16.1. The van der Waals surface area contributed by atoms with Gasteiger partial charge in [0.05, 0.1) is 6.07 Å². The SMILES string of the molecule is C[C@H](OC(=O)c1ccc2ccccc2c1O)C(=O)N(C)C1(C#N)CCCCC1. The maximum atomic E-state index is 12.8. The van der Waals surface area contributed by atoms with Crippen molar-refractivity contribution < 1.29 is 19.4 Å². The average molecular weight is 380 g/mol. The van der Waals surface area contributed by atoms with E-state index in [9.17, 15) is 20.0 Å². The number of carbonyl (C=O) groups is 2. The van der Waals surface area contributed by atoms with Crippen molar-refractivity contribution in [3.05, 3.63) is 42.0 Å². The van der Waals surface area contributed by atoms with E-state index in [1.165, 1.54) is 17.9 Å². The van der Waals surface area contributed by atoms with E-state index in [0.29, 0.717) is 18.2 Å². The van der Waals surface area contributed by atoms with Crippen molar-refractivity contribution in [1.82, 2.24) is 4.90 Å². The molecule has 0 aromatic heterocycles. The summed E-state index contributed by atoms with van der Waals surface area (Å²) in [4.78, 5) is 26.8. The summed E-state index contributed by atoms with van der Waals surface area (Å²) in [6.45, 7) is 1.49. The number of amides is 1. The van der Waals surface area contributed by atoms with Crippen LogP contribution in [0, 0.1) is 11.3 Å². The van der Waals surface area contributed by atoms with E-state index in [2.05, 4.69) is 6.07 Å². The Hall–Kier alpha value is -3.07. The van der Waals surface area contributed by atoms with Crippen LogP contribution in [0.5, 0.6) is 5.75 Å². The number of rotatable bonds is 4. The Labute approximate surface area is 164 Å². The molecule has 0 unspecified atom stereocenters. The summed E-state index contributed by atoms with van der Waals surface area (Å²) in [7, 11) is 1.59. The minimum absolute atomic E-state index is 0.00802. The van der Waals surface area contributed by atoms with Gasteiger partial charge in [-0.3, -0.25) is 4.79 Å². The van der Waals surface area contributed by atoms with Gasteiger partial charge in [0.25, 0.3) is 5.91 Å². The quantitative estimate of drug-likeness (QED) is 0.815. The summed E-state index contributed by atoms with van der Waals surface area (Å²) in [5, 5.41) is 21.4. The first-order valence-corrected chi connectivity index (χ1v) is 9.50. The molecule has 0 aliphatic heterocycles. The predicted molar refractivity (Wildman–Crippen MR) is 105 cm³/mol. The monoisotopic (exact) mass is 380 g/mol. The number of hydrogen-bond donors (Lipinski definition) is 1. The Morgan fingerprint density at radius 3 is 2.54 bits per heavy atom. The van der Waals surface area contributed by atoms with Crippen molar-refractivity contribution >= 4 is 22.6 Å². The molecular formula is C22H24N2O4. The van der Waals surface area contributed by atoms with Crippen LogP contribution in [0.4, 0.5) is 0 Å². The van der Waals surface area contributed by atoms with Gasteiger partial charge in [-0.25, -0.2) is 4.79 Å². The molecule has 0 heterocycles. The molecule has 2 aromatic rings. The molecule has 6 nitrogen and oxygen atoms in total. The summed E-state index contributed by atoms with van der Waals surface area (Å²) in [5.41, 5.74) is -0.838. The molecule has 1 fully saturated rings. The molecule has 1 saturated carbocycles. The van der Waals surface area contributed by atoms with Crippen LogP contribution in [0.2, 0.25) is 0 Å². The van der Waals surface area contributed by atoms with Gasteiger partial charge < -0.3 is 14.7 Å². The summed E-state index contributed by atoms with van der Waals surface area (Å²) in [6, 6.07) is 12.6. The first-order chi connectivity index (χ1) is 13.4. The van der Waals surface area contributed by atoms with Gasteiger partial charge in [0.1, 0.15) is 16.9 Å². The summed E-state index contributed by atoms with van der Waals surface area (Å²) in [5.74, 6) is -1.36. The third-order valence-corrected chi connectivity index (χ3v) is 5.61. The number of aromatic hydroxyl groups is 1. The van der Waals surface area contributed by atoms with Crippen LogP contribution >= 0.6 is 0 Å². The molecule has 0 saturated heterocycles. The largest absolute Gasteiger partial charge is 0.506 e. The van der Waals surface area contributed by atoms with Crippen LogP contribution in [-0.2, 0) is 9.53 Å². The number of nitrogens with zero attached hydrogens (tertiary/aromatic N) is 2. The van der Waals surface area contributed by atoms with Crippen LogP contribution in [0.3, 0.4) is 0 Å². The third kappa shape index (κ3) is 3.53. The second-order valence-electron chi connectivity index (χ2n) is 7.33. The number of esters is 1. The molecule has 3 rings (SSSR count). The predicted octanol–water partition coefficient (Wildman–Crippen LogP) is 3.78. The van der Waals surface area contributed by atoms with Gasteiger partial charge in [-0.2, -0.15) is 5.26 Å². The van der Waals surface area contributed by atoms with E-state index in [1.54, 1.807) is 25.2 Å². The number of hydrogen-bond acceptors (Lipinski definition) is 5. The lowest BCUT2D eigenvalue weighted by Crippen LogP contribution is -2.53. The van der Waals surface area contributed by atoms with E-state index in [1.807, 2.05) is 12.1 Å². The van der Waals surface area contributed by atoms with Gasteiger partial charge >= 0.3 is 5.97 Å². The molecule has 0 radical (unpaired) electrons. The zero-order chi connectivity index (χ0) is 20.3. The summed E-state index contributed by atoms with van der Waals surface area (Å²) >= 11 is 0. The fourth-order valence-corrected chi connectivity index (χ4v) is 3.84. The highest BCUT2D eigenvalue weighted by Gasteiger charge is 2.40. The average Bonchev–Trinajstić information content (AvgIpc) is 2.73. The molecule has 2 aromatic carbocycles.